The number of rotatable bonds is 9. The molecule has 0 bridgehead atoms. The summed E-state index contributed by atoms with van der Waals surface area (Å²) in [6, 6.07) is 16.8. The number of carbonyl (C=O) groups excluding carboxylic acids is 2. The number of aliphatic imine (C=N–C) groups is 2. The van der Waals surface area contributed by atoms with Crippen LogP contribution in [0, 0.1) is 5.41 Å². The smallest absolute Gasteiger partial charge is 0.411 e. The number of aromatic nitrogens is 1. The Bertz CT molecular complexity index is 1790. The zero-order valence-electron chi connectivity index (χ0n) is 27.0. The minimum atomic E-state index is -4.64. The zero-order chi connectivity index (χ0) is 35.2. The Labute approximate surface area is 286 Å². The third kappa shape index (κ3) is 6.79. The highest BCUT2D eigenvalue weighted by molar-refractivity contribution is 6.31. The van der Waals surface area contributed by atoms with E-state index in [4.69, 9.17) is 27.1 Å². The molecule has 11 nitrogen and oxygen atoms in total. The summed E-state index contributed by atoms with van der Waals surface area (Å²) in [5.74, 6) is -0.621. The van der Waals surface area contributed by atoms with Gasteiger partial charge >= 0.3 is 12.3 Å². The molecule has 0 radical (unpaired) electrons. The number of alkyl halides is 3. The van der Waals surface area contributed by atoms with E-state index >= 15 is 0 Å². The Morgan fingerprint density at radius 3 is 2.47 bits per heavy atom. The zero-order valence-corrected chi connectivity index (χ0v) is 27.8. The molecule has 1 aromatic heterocycles. The van der Waals surface area contributed by atoms with E-state index in [0.29, 0.717) is 21.7 Å². The summed E-state index contributed by atoms with van der Waals surface area (Å²) in [6.07, 6.45) is -3.57. The lowest BCUT2D eigenvalue weighted by molar-refractivity contribution is -0.164. The Kier molecular flexibility index (Phi) is 8.82. The summed E-state index contributed by atoms with van der Waals surface area (Å²) in [5, 5.41) is 2.34. The first-order chi connectivity index (χ1) is 23.1. The summed E-state index contributed by atoms with van der Waals surface area (Å²) >= 11 is 6.53. The number of ether oxygens (including phenoxy) is 1. The summed E-state index contributed by atoms with van der Waals surface area (Å²) in [7, 11) is 0. The number of amides is 2. The summed E-state index contributed by atoms with van der Waals surface area (Å²) < 4.78 is 46.2. The van der Waals surface area contributed by atoms with Crippen LogP contribution < -0.4 is 21.9 Å². The van der Waals surface area contributed by atoms with Crippen molar-refractivity contribution in [2.45, 2.75) is 69.5 Å². The molecule has 1 unspecified atom stereocenters. The molecule has 0 saturated heterocycles. The molecule has 3 aromatic rings. The van der Waals surface area contributed by atoms with Gasteiger partial charge in [0.2, 0.25) is 0 Å². The first-order valence-corrected chi connectivity index (χ1v) is 16.0. The second-order valence-electron chi connectivity index (χ2n) is 13.6. The molecule has 49 heavy (non-hydrogen) atoms. The van der Waals surface area contributed by atoms with Crippen LogP contribution in [0.25, 0.3) is 11.3 Å². The third-order valence-corrected chi connectivity index (χ3v) is 9.10. The van der Waals surface area contributed by atoms with Gasteiger partial charge in [-0.25, -0.2) is 20.2 Å². The average Bonchev–Trinajstić information content (AvgIpc) is 3.55. The van der Waals surface area contributed by atoms with E-state index in [9.17, 15) is 22.8 Å². The topological polar surface area (TPSA) is 146 Å². The normalized spacial score (nSPS) is 22.0. The van der Waals surface area contributed by atoms with Gasteiger partial charge < -0.3 is 21.2 Å². The van der Waals surface area contributed by atoms with Crippen molar-refractivity contribution < 1.29 is 27.5 Å². The number of halogens is 4. The molecule has 3 atom stereocenters. The van der Waals surface area contributed by atoms with Gasteiger partial charge in [0.25, 0.3) is 5.91 Å². The number of hydrogen-bond acceptors (Lipinski definition) is 9. The van der Waals surface area contributed by atoms with E-state index < -0.39 is 53.5 Å². The predicted molar refractivity (Wildman–Crippen MR) is 178 cm³/mol. The fourth-order valence-electron chi connectivity index (χ4n) is 6.24. The molecule has 2 amide bonds. The molecule has 5 N–H and O–H groups in total. The number of carbonyl (C=O) groups is 2. The van der Waals surface area contributed by atoms with Crippen molar-refractivity contribution in [1.82, 2.24) is 26.1 Å². The van der Waals surface area contributed by atoms with Crippen molar-refractivity contribution in [3.05, 3.63) is 88.6 Å². The number of alkyl carbamates (subject to hydrolysis) is 1. The van der Waals surface area contributed by atoms with Crippen LogP contribution in [0.15, 0.2) is 76.8 Å². The number of guanidine groups is 1. The minimum Gasteiger partial charge on any atom is -0.447 e. The van der Waals surface area contributed by atoms with Crippen LogP contribution in [0.2, 0.25) is 5.02 Å². The average molecular weight is 697 g/mol. The van der Waals surface area contributed by atoms with Crippen molar-refractivity contribution in [3.63, 3.8) is 0 Å². The lowest BCUT2D eigenvalue weighted by atomic mass is 9.75. The maximum absolute atomic E-state index is 14.9. The van der Waals surface area contributed by atoms with Crippen LogP contribution in [0.5, 0.6) is 0 Å². The van der Waals surface area contributed by atoms with Gasteiger partial charge in [0, 0.05) is 22.3 Å². The SMILES string of the molecule is CC(C)(C)C[C@]1(c2ccc(-c3ccccn3)cc2)N=C(N)N([C@H](COC(=O)NC2(C(F)(F)F)CC2)c2ccc(Cl)c(C3N=CNN3)c2)C1=O. The number of hydrogen-bond donors (Lipinski definition) is 4. The number of hydrazine groups is 1. The minimum absolute atomic E-state index is 0.138. The highest BCUT2D eigenvalue weighted by Crippen LogP contribution is 2.49. The van der Waals surface area contributed by atoms with E-state index in [2.05, 4.69) is 20.8 Å². The van der Waals surface area contributed by atoms with Gasteiger partial charge in [-0.1, -0.05) is 68.8 Å². The lowest BCUT2D eigenvalue weighted by Gasteiger charge is -2.35. The lowest BCUT2D eigenvalue weighted by Crippen LogP contribution is -2.50. The highest BCUT2D eigenvalue weighted by atomic mass is 35.5. The number of nitrogens with one attached hydrogen (secondary N) is 3. The van der Waals surface area contributed by atoms with E-state index in [1.807, 2.05) is 68.6 Å². The third-order valence-electron chi connectivity index (χ3n) is 8.76. The Balaban J connectivity index is 1.37. The second kappa shape index (κ2) is 12.6. The molecule has 1 fully saturated rings. The molecule has 2 aromatic carbocycles. The molecule has 2 aliphatic heterocycles. The van der Waals surface area contributed by atoms with E-state index in [1.165, 1.54) is 11.2 Å². The molecular weight excluding hydrogens is 661 g/mol. The Morgan fingerprint density at radius 2 is 1.88 bits per heavy atom. The van der Waals surface area contributed by atoms with E-state index in [-0.39, 0.29) is 25.2 Å². The number of nitrogens with two attached hydrogens (primary N) is 1. The van der Waals surface area contributed by atoms with Crippen LogP contribution in [0.4, 0.5) is 18.0 Å². The summed E-state index contributed by atoms with van der Waals surface area (Å²) in [4.78, 5) is 42.4. The van der Waals surface area contributed by atoms with Gasteiger partial charge in [0.1, 0.15) is 18.3 Å². The molecule has 6 rings (SSSR count). The molecular formula is C34H36ClF3N8O3. The number of benzene rings is 2. The highest BCUT2D eigenvalue weighted by Gasteiger charge is 2.64. The van der Waals surface area contributed by atoms with Gasteiger partial charge in [0.05, 0.1) is 18.1 Å². The standard InChI is InChI=1S/C34H36ClF3N8O3/c1-31(2,3)18-33(22-10-7-20(8-11-22)25-6-4-5-15-40-25)28(47)46(29(39)43-33)26(17-49-30(48)44-32(13-14-32)34(36,37)38)21-9-12-24(35)23(16-21)27-41-19-42-45-27/h4-12,15-16,19,26-27,45H,13-14,17-18H2,1-3H3,(H2,39,43)(H,41,42)(H,44,48)/t26-,27?,33-/m1/s1. The van der Waals surface area contributed by atoms with Gasteiger partial charge in [-0.3, -0.25) is 14.7 Å². The molecule has 1 aliphatic carbocycles. The van der Waals surface area contributed by atoms with Crippen molar-refractivity contribution >= 4 is 35.9 Å². The number of nitrogens with zero attached hydrogens (tertiary/aromatic N) is 4. The van der Waals surface area contributed by atoms with Crippen molar-refractivity contribution in [2.24, 2.45) is 21.1 Å². The van der Waals surface area contributed by atoms with E-state index in [0.717, 1.165) is 11.3 Å². The largest absolute Gasteiger partial charge is 0.447 e. The number of pyridine rings is 1. The van der Waals surface area contributed by atoms with E-state index in [1.54, 1.807) is 24.4 Å². The predicted octanol–water partition coefficient (Wildman–Crippen LogP) is 5.89. The molecule has 3 heterocycles. The molecule has 258 valence electrons. The first-order valence-electron chi connectivity index (χ1n) is 15.7. The van der Waals surface area contributed by atoms with Gasteiger partial charge in [-0.2, -0.15) is 13.2 Å². The van der Waals surface area contributed by atoms with Crippen molar-refractivity contribution in [2.75, 3.05) is 6.61 Å². The quantitative estimate of drug-likeness (QED) is 0.218. The van der Waals surface area contributed by atoms with Crippen LogP contribution in [0.1, 0.15) is 68.9 Å². The summed E-state index contributed by atoms with van der Waals surface area (Å²) in [5.41, 5.74) is 11.3. The van der Waals surface area contributed by atoms with Gasteiger partial charge in [-0.05, 0) is 60.1 Å². The van der Waals surface area contributed by atoms with Crippen LogP contribution in [-0.4, -0.2) is 52.5 Å². The van der Waals surface area contributed by atoms with Crippen LogP contribution in [0.3, 0.4) is 0 Å². The Hall–Kier alpha value is -4.69. The molecule has 1 saturated carbocycles. The van der Waals surface area contributed by atoms with Gasteiger partial charge in [-0.15, -0.1) is 0 Å². The first kappa shape index (κ1) is 34.2. The van der Waals surface area contributed by atoms with Crippen LogP contribution >= 0.6 is 11.6 Å². The van der Waals surface area contributed by atoms with Crippen molar-refractivity contribution in [3.8, 4) is 11.3 Å². The van der Waals surface area contributed by atoms with Crippen molar-refractivity contribution in [1.29, 1.82) is 0 Å². The maximum Gasteiger partial charge on any atom is 0.411 e. The molecule has 15 heteroatoms. The monoisotopic (exact) mass is 696 g/mol. The molecule has 3 aliphatic rings. The molecule has 0 spiro atoms. The Morgan fingerprint density at radius 1 is 1.14 bits per heavy atom. The fraction of sp³-hybridized carbons (Fsp3) is 0.382. The van der Waals surface area contributed by atoms with Crippen LogP contribution in [-0.2, 0) is 15.1 Å². The van der Waals surface area contributed by atoms with Gasteiger partial charge in [0.15, 0.2) is 11.5 Å². The maximum atomic E-state index is 14.9. The fourth-order valence-corrected chi connectivity index (χ4v) is 6.46. The summed E-state index contributed by atoms with van der Waals surface area (Å²) in [6.45, 7) is 5.40. The second-order valence-corrected chi connectivity index (χ2v) is 14.0.